The molecule has 0 saturated carbocycles. The van der Waals surface area contributed by atoms with Crippen LogP contribution in [0.3, 0.4) is 0 Å². The van der Waals surface area contributed by atoms with E-state index in [2.05, 4.69) is 28.0 Å². The summed E-state index contributed by atoms with van der Waals surface area (Å²) in [6.07, 6.45) is 2.14. The van der Waals surface area contributed by atoms with Crippen LogP contribution in [0.2, 0.25) is 0 Å². The summed E-state index contributed by atoms with van der Waals surface area (Å²) in [5.74, 6) is 0.224. The van der Waals surface area contributed by atoms with Crippen molar-refractivity contribution in [3.05, 3.63) is 28.0 Å². The molecule has 19 heavy (non-hydrogen) atoms. The molecule has 1 aliphatic heterocycles. The maximum Gasteiger partial charge on any atom is 0.171 e. The number of hydrogen-bond donors (Lipinski definition) is 2. The minimum absolute atomic E-state index is 0.107. The van der Waals surface area contributed by atoms with Crippen LogP contribution < -0.4 is 10.6 Å². The SMILES string of the molecule is CC1CCN(c2ccc(/C(N)=N/O)c(Br)c2F)CC1. The highest BCUT2D eigenvalue weighted by Gasteiger charge is 2.21. The summed E-state index contributed by atoms with van der Waals surface area (Å²) >= 11 is 3.18. The van der Waals surface area contributed by atoms with E-state index in [1.807, 2.05) is 4.90 Å². The average molecular weight is 330 g/mol. The first-order chi connectivity index (χ1) is 9.04. The fourth-order valence-corrected chi connectivity index (χ4v) is 2.82. The molecule has 0 amide bonds. The summed E-state index contributed by atoms with van der Waals surface area (Å²) in [6, 6.07) is 3.35. The summed E-state index contributed by atoms with van der Waals surface area (Å²) in [5.41, 5.74) is 6.42. The van der Waals surface area contributed by atoms with Crippen LogP contribution in [0.5, 0.6) is 0 Å². The molecule has 1 aromatic rings. The molecule has 1 aromatic carbocycles. The Kier molecular flexibility index (Phi) is 4.29. The smallest absolute Gasteiger partial charge is 0.171 e. The van der Waals surface area contributed by atoms with Gasteiger partial charge < -0.3 is 15.8 Å². The van der Waals surface area contributed by atoms with E-state index in [1.165, 1.54) is 0 Å². The first-order valence-electron chi connectivity index (χ1n) is 6.25. The van der Waals surface area contributed by atoms with E-state index in [4.69, 9.17) is 10.9 Å². The van der Waals surface area contributed by atoms with Crippen LogP contribution in [0.1, 0.15) is 25.3 Å². The molecule has 0 aromatic heterocycles. The van der Waals surface area contributed by atoms with Gasteiger partial charge in [0.15, 0.2) is 11.7 Å². The molecular formula is C13H17BrFN3O. The number of anilines is 1. The monoisotopic (exact) mass is 329 g/mol. The Morgan fingerprint density at radius 3 is 2.68 bits per heavy atom. The normalized spacial score (nSPS) is 17.8. The van der Waals surface area contributed by atoms with Crippen LogP contribution in [0.25, 0.3) is 0 Å². The Labute approximate surface area is 120 Å². The lowest BCUT2D eigenvalue weighted by Crippen LogP contribution is -2.33. The fourth-order valence-electron chi connectivity index (χ4n) is 2.28. The van der Waals surface area contributed by atoms with Crippen molar-refractivity contribution < 1.29 is 9.60 Å². The van der Waals surface area contributed by atoms with Gasteiger partial charge in [0.2, 0.25) is 0 Å². The van der Waals surface area contributed by atoms with Crippen molar-refractivity contribution in [3.63, 3.8) is 0 Å². The van der Waals surface area contributed by atoms with Crippen molar-refractivity contribution >= 4 is 27.5 Å². The quantitative estimate of drug-likeness (QED) is 0.379. The largest absolute Gasteiger partial charge is 0.409 e. The number of halogens is 2. The van der Waals surface area contributed by atoms with Crippen molar-refractivity contribution in [1.82, 2.24) is 0 Å². The minimum atomic E-state index is -0.362. The zero-order valence-corrected chi connectivity index (χ0v) is 12.3. The number of hydrogen-bond acceptors (Lipinski definition) is 3. The van der Waals surface area contributed by atoms with Crippen molar-refractivity contribution in [2.75, 3.05) is 18.0 Å². The molecule has 1 saturated heterocycles. The summed E-state index contributed by atoms with van der Waals surface area (Å²) in [6.45, 7) is 3.92. The predicted octanol–water partition coefficient (Wildman–Crippen LogP) is 2.92. The van der Waals surface area contributed by atoms with Gasteiger partial charge >= 0.3 is 0 Å². The lowest BCUT2D eigenvalue weighted by molar-refractivity contribution is 0.318. The number of rotatable bonds is 2. The molecule has 0 bridgehead atoms. The summed E-state index contributed by atoms with van der Waals surface area (Å²) < 4.78 is 14.6. The molecule has 6 heteroatoms. The van der Waals surface area contributed by atoms with Crippen molar-refractivity contribution in [1.29, 1.82) is 0 Å². The molecule has 0 radical (unpaired) electrons. The summed E-state index contributed by atoms with van der Waals surface area (Å²) in [7, 11) is 0. The van der Waals surface area contributed by atoms with Gasteiger partial charge in [0.1, 0.15) is 0 Å². The van der Waals surface area contributed by atoms with E-state index in [-0.39, 0.29) is 16.1 Å². The van der Waals surface area contributed by atoms with E-state index in [0.29, 0.717) is 17.2 Å². The number of nitrogens with zero attached hydrogens (tertiary/aromatic N) is 2. The van der Waals surface area contributed by atoms with Gasteiger partial charge in [0.05, 0.1) is 10.2 Å². The fraction of sp³-hybridized carbons (Fsp3) is 0.462. The van der Waals surface area contributed by atoms with Crippen molar-refractivity contribution in [2.24, 2.45) is 16.8 Å². The maximum atomic E-state index is 14.4. The summed E-state index contributed by atoms with van der Waals surface area (Å²) in [4.78, 5) is 2.04. The Morgan fingerprint density at radius 2 is 2.11 bits per heavy atom. The Hall–Kier alpha value is -1.30. The molecule has 4 nitrogen and oxygen atoms in total. The molecule has 2 rings (SSSR count). The molecule has 1 heterocycles. The van der Waals surface area contributed by atoms with Crippen LogP contribution in [0.15, 0.2) is 21.8 Å². The molecule has 0 spiro atoms. The van der Waals surface area contributed by atoms with Gasteiger partial charge in [-0.05, 0) is 46.8 Å². The number of amidine groups is 1. The standard InChI is InChI=1S/C13H17BrFN3O/c1-8-4-6-18(7-5-8)10-3-2-9(13(16)17-19)11(14)12(10)15/h2-3,8,19H,4-7H2,1H3,(H2,16,17). The zero-order valence-electron chi connectivity index (χ0n) is 10.7. The Morgan fingerprint density at radius 1 is 1.47 bits per heavy atom. The Bertz CT molecular complexity index is 499. The first-order valence-corrected chi connectivity index (χ1v) is 7.04. The Balaban J connectivity index is 2.31. The van der Waals surface area contributed by atoms with Gasteiger partial charge in [0.25, 0.3) is 0 Å². The third-order valence-electron chi connectivity index (χ3n) is 3.57. The third kappa shape index (κ3) is 2.83. The maximum absolute atomic E-state index is 14.4. The first kappa shape index (κ1) is 14.1. The molecule has 0 unspecified atom stereocenters. The second kappa shape index (κ2) is 5.77. The van der Waals surface area contributed by atoms with Gasteiger partial charge in [-0.3, -0.25) is 0 Å². The minimum Gasteiger partial charge on any atom is -0.409 e. The highest BCUT2D eigenvalue weighted by molar-refractivity contribution is 9.10. The molecular weight excluding hydrogens is 313 g/mol. The second-order valence-corrected chi connectivity index (χ2v) is 5.71. The molecule has 104 valence electrons. The highest BCUT2D eigenvalue weighted by Crippen LogP contribution is 2.31. The lowest BCUT2D eigenvalue weighted by atomic mass is 9.98. The van der Waals surface area contributed by atoms with E-state index in [1.54, 1.807) is 12.1 Å². The van der Waals surface area contributed by atoms with E-state index < -0.39 is 0 Å². The van der Waals surface area contributed by atoms with Gasteiger partial charge in [0, 0.05) is 18.7 Å². The number of oxime groups is 1. The number of nitrogens with two attached hydrogens (primary N) is 1. The van der Waals surface area contributed by atoms with Crippen molar-refractivity contribution in [2.45, 2.75) is 19.8 Å². The zero-order chi connectivity index (χ0) is 14.0. The van der Waals surface area contributed by atoms with Gasteiger partial charge in [-0.1, -0.05) is 12.1 Å². The molecule has 1 aliphatic rings. The second-order valence-electron chi connectivity index (χ2n) is 4.92. The summed E-state index contributed by atoms with van der Waals surface area (Å²) in [5, 5.41) is 11.6. The van der Waals surface area contributed by atoms with Crippen LogP contribution in [0.4, 0.5) is 10.1 Å². The lowest BCUT2D eigenvalue weighted by Gasteiger charge is -2.32. The average Bonchev–Trinajstić information content (AvgIpc) is 2.42. The molecule has 0 aliphatic carbocycles. The number of benzene rings is 1. The molecule has 0 atom stereocenters. The van der Waals surface area contributed by atoms with Gasteiger partial charge in [-0.25, -0.2) is 4.39 Å². The van der Waals surface area contributed by atoms with Gasteiger partial charge in [-0.2, -0.15) is 0 Å². The van der Waals surface area contributed by atoms with Crippen LogP contribution >= 0.6 is 15.9 Å². The van der Waals surface area contributed by atoms with Crippen LogP contribution in [0, 0.1) is 11.7 Å². The van der Waals surface area contributed by atoms with E-state index in [9.17, 15) is 4.39 Å². The van der Waals surface area contributed by atoms with Gasteiger partial charge in [-0.15, -0.1) is 0 Å². The number of piperidine rings is 1. The predicted molar refractivity (Wildman–Crippen MR) is 77.2 cm³/mol. The molecule has 1 fully saturated rings. The van der Waals surface area contributed by atoms with Crippen molar-refractivity contribution in [3.8, 4) is 0 Å². The molecule has 3 N–H and O–H groups in total. The topological polar surface area (TPSA) is 61.8 Å². The highest BCUT2D eigenvalue weighted by atomic mass is 79.9. The van der Waals surface area contributed by atoms with E-state index in [0.717, 1.165) is 25.9 Å². The van der Waals surface area contributed by atoms with Crippen LogP contribution in [-0.2, 0) is 0 Å². The van der Waals surface area contributed by atoms with Crippen LogP contribution in [-0.4, -0.2) is 24.1 Å². The van der Waals surface area contributed by atoms with E-state index >= 15 is 0 Å². The third-order valence-corrected chi connectivity index (χ3v) is 4.35.